The number of aliphatic imine (C=N–C) groups is 1. The number of likely N-dealkylation sites (N-methyl/N-ethyl adjacent to an activating group) is 1. The maximum atomic E-state index is 5.68. The zero-order chi connectivity index (χ0) is 16.8. The summed E-state index contributed by atoms with van der Waals surface area (Å²) in [5.41, 5.74) is 0. The van der Waals surface area contributed by atoms with Gasteiger partial charge >= 0.3 is 0 Å². The molecule has 2 aliphatic rings. The second-order valence-electron chi connectivity index (χ2n) is 6.88. The second-order valence-corrected chi connectivity index (χ2v) is 6.88. The van der Waals surface area contributed by atoms with Gasteiger partial charge in [-0.15, -0.1) is 24.0 Å². The van der Waals surface area contributed by atoms with E-state index in [1.807, 2.05) is 13.1 Å². The topological polar surface area (TPSA) is 56.0 Å². The van der Waals surface area contributed by atoms with Crippen molar-refractivity contribution in [2.75, 3.05) is 46.8 Å². The first-order chi connectivity index (χ1) is 11.8. The largest absolute Gasteiger partial charge is 0.468 e. The Hall–Kier alpha value is -0.800. The van der Waals surface area contributed by atoms with Crippen molar-refractivity contribution in [3.8, 4) is 0 Å². The first kappa shape index (κ1) is 20.5. The molecule has 6 nitrogen and oxygen atoms in total. The molecule has 2 unspecified atom stereocenters. The van der Waals surface area contributed by atoms with Crippen LogP contribution in [0.5, 0.6) is 0 Å². The molecule has 142 valence electrons. The molecular weight excluding hydrogens is 429 g/mol. The summed E-state index contributed by atoms with van der Waals surface area (Å²) in [6.45, 7) is 5.25. The van der Waals surface area contributed by atoms with Crippen molar-refractivity contribution in [1.82, 2.24) is 20.4 Å². The minimum absolute atomic E-state index is 0. The van der Waals surface area contributed by atoms with Crippen molar-refractivity contribution >= 4 is 29.9 Å². The van der Waals surface area contributed by atoms with E-state index in [0.717, 1.165) is 37.9 Å². The maximum absolute atomic E-state index is 5.68. The summed E-state index contributed by atoms with van der Waals surface area (Å²) >= 11 is 0. The van der Waals surface area contributed by atoms with Crippen LogP contribution in [0.15, 0.2) is 27.8 Å². The molecule has 2 atom stereocenters. The molecular formula is C18H32IN5O. The summed E-state index contributed by atoms with van der Waals surface area (Å²) in [4.78, 5) is 9.31. The molecule has 2 fully saturated rings. The van der Waals surface area contributed by atoms with Gasteiger partial charge in [-0.25, -0.2) is 0 Å². The lowest BCUT2D eigenvalue weighted by Gasteiger charge is -2.27. The van der Waals surface area contributed by atoms with E-state index in [1.165, 1.54) is 32.2 Å². The van der Waals surface area contributed by atoms with E-state index in [0.29, 0.717) is 6.04 Å². The highest BCUT2D eigenvalue weighted by atomic mass is 127. The molecule has 0 radical (unpaired) electrons. The van der Waals surface area contributed by atoms with Gasteiger partial charge in [-0.05, 0) is 64.5 Å². The Morgan fingerprint density at radius 1 is 1.28 bits per heavy atom. The third kappa shape index (κ3) is 5.59. The molecule has 3 rings (SSSR count). The van der Waals surface area contributed by atoms with Gasteiger partial charge in [0.25, 0.3) is 0 Å². The highest BCUT2D eigenvalue weighted by Crippen LogP contribution is 2.24. The van der Waals surface area contributed by atoms with Gasteiger partial charge in [0.05, 0.1) is 12.3 Å². The molecule has 0 amide bonds. The normalized spacial score (nSPS) is 23.4. The van der Waals surface area contributed by atoms with E-state index in [2.05, 4.69) is 38.5 Å². The first-order valence-electron chi connectivity index (χ1n) is 9.20. The summed E-state index contributed by atoms with van der Waals surface area (Å²) < 4.78 is 5.68. The summed E-state index contributed by atoms with van der Waals surface area (Å²) in [5, 5.41) is 6.97. The van der Waals surface area contributed by atoms with Gasteiger partial charge in [0, 0.05) is 26.2 Å². The number of halogens is 1. The van der Waals surface area contributed by atoms with Gasteiger partial charge < -0.3 is 20.0 Å². The quantitative estimate of drug-likeness (QED) is 0.387. The second kappa shape index (κ2) is 10.4. The van der Waals surface area contributed by atoms with Crippen LogP contribution in [-0.4, -0.2) is 68.6 Å². The minimum Gasteiger partial charge on any atom is -0.468 e. The molecule has 2 N–H and O–H groups in total. The van der Waals surface area contributed by atoms with Crippen LogP contribution in [0.25, 0.3) is 0 Å². The number of guanidine groups is 1. The summed E-state index contributed by atoms with van der Waals surface area (Å²) in [6, 6.07) is 4.94. The maximum Gasteiger partial charge on any atom is 0.191 e. The molecule has 0 aliphatic carbocycles. The van der Waals surface area contributed by atoms with Gasteiger partial charge in [-0.1, -0.05) is 0 Å². The Morgan fingerprint density at radius 3 is 2.68 bits per heavy atom. The van der Waals surface area contributed by atoms with Crippen LogP contribution in [0, 0.1) is 0 Å². The number of furan rings is 1. The molecule has 1 aromatic rings. The highest BCUT2D eigenvalue weighted by Gasteiger charge is 2.26. The van der Waals surface area contributed by atoms with E-state index < -0.39 is 0 Å². The van der Waals surface area contributed by atoms with Crippen LogP contribution >= 0.6 is 24.0 Å². The SMILES string of the molecule is CN=C(NCC1CCCN1C)NCC(c1ccco1)N1CCCC1.I. The Labute approximate surface area is 168 Å². The highest BCUT2D eigenvalue weighted by molar-refractivity contribution is 14.0. The molecule has 3 heterocycles. The number of nitrogens with one attached hydrogen (secondary N) is 2. The number of nitrogens with zero attached hydrogens (tertiary/aromatic N) is 3. The number of hydrogen-bond donors (Lipinski definition) is 2. The van der Waals surface area contributed by atoms with Gasteiger partial charge in [0.2, 0.25) is 0 Å². The number of likely N-dealkylation sites (tertiary alicyclic amines) is 2. The molecule has 0 aromatic carbocycles. The van der Waals surface area contributed by atoms with E-state index in [1.54, 1.807) is 6.26 Å². The van der Waals surface area contributed by atoms with Crippen LogP contribution < -0.4 is 10.6 Å². The molecule has 2 saturated heterocycles. The fourth-order valence-electron chi connectivity index (χ4n) is 3.81. The standard InChI is InChI=1S/C18H31N5O.HI/c1-19-18(20-13-15-7-5-9-22(15)2)21-14-16(17-8-6-12-24-17)23-10-3-4-11-23;/h6,8,12,15-16H,3-5,7,9-11,13-14H2,1-2H3,(H2,19,20,21);1H. The number of rotatable bonds is 6. The Kier molecular flexibility index (Phi) is 8.51. The fraction of sp³-hybridized carbons (Fsp3) is 0.722. The van der Waals surface area contributed by atoms with Crippen LogP contribution in [0.1, 0.15) is 37.5 Å². The third-order valence-electron chi connectivity index (χ3n) is 5.32. The van der Waals surface area contributed by atoms with Gasteiger partial charge in [0.15, 0.2) is 5.96 Å². The van der Waals surface area contributed by atoms with Crippen LogP contribution in [0.4, 0.5) is 0 Å². The molecule has 25 heavy (non-hydrogen) atoms. The smallest absolute Gasteiger partial charge is 0.191 e. The molecule has 0 saturated carbocycles. The van der Waals surface area contributed by atoms with E-state index in [9.17, 15) is 0 Å². The Bertz CT molecular complexity index is 516. The fourth-order valence-corrected chi connectivity index (χ4v) is 3.81. The molecule has 0 bridgehead atoms. The van der Waals surface area contributed by atoms with E-state index in [4.69, 9.17) is 4.42 Å². The monoisotopic (exact) mass is 461 g/mol. The van der Waals surface area contributed by atoms with Crippen LogP contribution in [0.3, 0.4) is 0 Å². The lowest BCUT2D eigenvalue weighted by molar-refractivity contribution is 0.215. The van der Waals surface area contributed by atoms with Crippen LogP contribution in [-0.2, 0) is 0 Å². The molecule has 2 aliphatic heterocycles. The zero-order valence-electron chi connectivity index (χ0n) is 15.4. The zero-order valence-corrected chi connectivity index (χ0v) is 17.7. The lowest BCUT2D eigenvalue weighted by atomic mass is 10.2. The lowest BCUT2D eigenvalue weighted by Crippen LogP contribution is -2.46. The van der Waals surface area contributed by atoms with Crippen molar-refractivity contribution < 1.29 is 4.42 Å². The van der Waals surface area contributed by atoms with E-state index in [-0.39, 0.29) is 30.0 Å². The Morgan fingerprint density at radius 2 is 2.08 bits per heavy atom. The number of hydrogen-bond acceptors (Lipinski definition) is 4. The van der Waals surface area contributed by atoms with Crippen molar-refractivity contribution in [2.24, 2.45) is 4.99 Å². The minimum atomic E-state index is 0. The van der Waals surface area contributed by atoms with Crippen molar-refractivity contribution in [3.05, 3.63) is 24.2 Å². The molecule has 1 aromatic heterocycles. The Balaban J connectivity index is 0.00000225. The third-order valence-corrected chi connectivity index (χ3v) is 5.32. The van der Waals surface area contributed by atoms with Crippen molar-refractivity contribution in [2.45, 2.75) is 37.8 Å². The van der Waals surface area contributed by atoms with Crippen molar-refractivity contribution in [3.63, 3.8) is 0 Å². The van der Waals surface area contributed by atoms with Gasteiger partial charge in [0.1, 0.15) is 5.76 Å². The summed E-state index contributed by atoms with van der Waals surface area (Å²) in [7, 11) is 4.04. The summed E-state index contributed by atoms with van der Waals surface area (Å²) in [5.74, 6) is 1.92. The van der Waals surface area contributed by atoms with E-state index >= 15 is 0 Å². The van der Waals surface area contributed by atoms with Crippen LogP contribution in [0.2, 0.25) is 0 Å². The van der Waals surface area contributed by atoms with Gasteiger partial charge in [-0.3, -0.25) is 9.89 Å². The average Bonchev–Trinajstić information content (AvgIpc) is 3.34. The predicted octanol–water partition coefficient (Wildman–Crippen LogP) is 2.29. The van der Waals surface area contributed by atoms with Crippen molar-refractivity contribution in [1.29, 1.82) is 0 Å². The first-order valence-corrected chi connectivity index (χ1v) is 9.20. The summed E-state index contributed by atoms with van der Waals surface area (Å²) in [6.07, 6.45) is 6.88. The molecule has 7 heteroatoms. The van der Waals surface area contributed by atoms with Gasteiger partial charge in [-0.2, -0.15) is 0 Å². The average molecular weight is 461 g/mol. The molecule has 0 spiro atoms. The predicted molar refractivity (Wildman–Crippen MR) is 113 cm³/mol.